The van der Waals surface area contributed by atoms with Gasteiger partial charge in [-0.3, -0.25) is 0 Å². The van der Waals surface area contributed by atoms with E-state index < -0.39 is 5.06 Å². The fourth-order valence-corrected chi connectivity index (χ4v) is 3.28. The van der Waals surface area contributed by atoms with Gasteiger partial charge >= 0.3 is 5.97 Å². The predicted octanol–water partition coefficient (Wildman–Crippen LogP) is 4.45. The summed E-state index contributed by atoms with van der Waals surface area (Å²) in [7, 11) is 0. The summed E-state index contributed by atoms with van der Waals surface area (Å²) in [5.74, 6) is -0.381. The Labute approximate surface area is 126 Å². The molecule has 3 aromatic carbocycles. The summed E-state index contributed by atoms with van der Waals surface area (Å²) in [6, 6.07) is 21.0. The normalized spacial score (nSPS) is 20.3. The summed E-state index contributed by atoms with van der Waals surface area (Å²) in [6.07, 6.45) is 0. The van der Waals surface area contributed by atoms with Crippen LogP contribution in [0.25, 0.3) is 10.8 Å². The third-order valence-corrected chi connectivity index (χ3v) is 4.35. The lowest BCUT2D eigenvalue weighted by Crippen LogP contribution is -2.20. The Hall–Kier alpha value is -2.32. The van der Waals surface area contributed by atoms with Crippen LogP contribution in [0.4, 0.5) is 0 Å². The zero-order valence-electron chi connectivity index (χ0n) is 11.0. The average molecular weight is 295 g/mol. The molecule has 0 saturated heterocycles. The molecule has 21 heavy (non-hydrogen) atoms. The van der Waals surface area contributed by atoms with Crippen LogP contribution in [0.5, 0.6) is 0 Å². The van der Waals surface area contributed by atoms with Crippen molar-refractivity contribution >= 4 is 28.3 Å². The van der Waals surface area contributed by atoms with E-state index in [-0.39, 0.29) is 5.97 Å². The van der Waals surface area contributed by atoms with Gasteiger partial charge in [0.15, 0.2) is 0 Å². The second-order valence-corrected chi connectivity index (χ2v) is 5.59. The number of halogens is 1. The second kappa shape index (κ2) is 4.34. The van der Waals surface area contributed by atoms with Gasteiger partial charge in [0.25, 0.3) is 0 Å². The maximum absolute atomic E-state index is 12.1. The molecule has 0 fully saturated rings. The van der Waals surface area contributed by atoms with Crippen LogP contribution in [-0.2, 0) is 9.80 Å². The summed E-state index contributed by atoms with van der Waals surface area (Å²) in [5.41, 5.74) is 2.02. The monoisotopic (exact) mass is 294 g/mol. The van der Waals surface area contributed by atoms with Crippen LogP contribution < -0.4 is 0 Å². The number of ether oxygens (including phenoxy) is 1. The SMILES string of the molecule is O=C1OC(Cl)(c2cccc3ccccc23)c2ccccc21. The molecule has 2 nitrogen and oxygen atoms in total. The highest BCUT2D eigenvalue weighted by atomic mass is 35.5. The first-order valence-corrected chi connectivity index (χ1v) is 7.08. The number of carbonyl (C=O) groups is 1. The Balaban J connectivity index is 2.03. The van der Waals surface area contributed by atoms with Gasteiger partial charge in [0.2, 0.25) is 5.06 Å². The fourth-order valence-electron chi connectivity index (χ4n) is 2.89. The lowest BCUT2D eigenvalue weighted by atomic mass is 9.94. The molecule has 0 N–H and O–H groups in total. The molecule has 0 radical (unpaired) electrons. The first-order valence-electron chi connectivity index (χ1n) is 6.70. The second-order valence-electron chi connectivity index (χ2n) is 5.06. The number of hydrogen-bond acceptors (Lipinski definition) is 2. The molecule has 1 aliphatic heterocycles. The molecule has 0 aliphatic carbocycles. The van der Waals surface area contributed by atoms with Crippen molar-refractivity contribution in [2.45, 2.75) is 5.06 Å². The highest BCUT2D eigenvalue weighted by molar-refractivity contribution is 6.28. The third-order valence-electron chi connectivity index (χ3n) is 3.86. The molecule has 0 amide bonds. The molecular formula is C18H11ClO2. The maximum Gasteiger partial charge on any atom is 0.340 e. The smallest absolute Gasteiger partial charge is 0.340 e. The van der Waals surface area contributed by atoms with Gasteiger partial charge in [-0.2, -0.15) is 0 Å². The van der Waals surface area contributed by atoms with E-state index in [1.54, 1.807) is 6.07 Å². The first kappa shape index (κ1) is 12.4. The molecule has 1 atom stereocenters. The van der Waals surface area contributed by atoms with Crippen molar-refractivity contribution in [2.75, 3.05) is 0 Å². The van der Waals surface area contributed by atoms with E-state index in [4.69, 9.17) is 16.3 Å². The summed E-state index contributed by atoms with van der Waals surface area (Å²) in [5, 5.41) is 0.795. The lowest BCUT2D eigenvalue weighted by Gasteiger charge is -2.23. The maximum atomic E-state index is 12.1. The molecular weight excluding hydrogens is 284 g/mol. The number of carbonyl (C=O) groups excluding carboxylic acids is 1. The van der Waals surface area contributed by atoms with Gasteiger partial charge < -0.3 is 4.74 Å². The van der Waals surface area contributed by atoms with Crippen molar-refractivity contribution in [1.82, 2.24) is 0 Å². The van der Waals surface area contributed by atoms with Crippen molar-refractivity contribution in [3.63, 3.8) is 0 Å². The van der Waals surface area contributed by atoms with Gasteiger partial charge in [0.05, 0.1) is 5.56 Å². The van der Waals surface area contributed by atoms with E-state index in [1.807, 2.05) is 60.7 Å². The highest BCUT2D eigenvalue weighted by Crippen LogP contribution is 2.47. The van der Waals surface area contributed by atoms with E-state index in [1.165, 1.54) is 0 Å². The van der Waals surface area contributed by atoms with Crippen LogP contribution in [0.15, 0.2) is 66.7 Å². The van der Waals surface area contributed by atoms with Crippen LogP contribution in [0.2, 0.25) is 0 Å². The molecule has 3 aromatic rings. The summed E-state index contributed by atoms with van der Waals surface area (Å²) in [6.45, 7) is 0. The molecule has 1 unspecified atom stereocenters. The lowest BCUT2D eigenvalue weighted by molar-refractivity contribution is 0.0369. The number of benzene rings is 3. The van der Waals surface area contributed by atoms with Gasteiger partial charge in [-0.05, 0) is 16.8 Å². The molecule has 102 valence electrons. The Kier molecular flexibility index (Phi) is 2.57. The van der Waals surface area contributed by atoms with Crippen LogP contribution >= 0.6 is 11.6 Å². The zero-order chi connectivity index (χ0) is 14.4. The Morgan fingerprint density at radius 3 is 2.38 bits per heavy atom. The van der Waals surface area contributed by atoms with Crippen molar-refractivity contribution in [2.24, 2.45) is 0 Å². The van der Waals surface area contributed by atoms with Gasteiger partial charge in [0, 0.05) is 11.1 Å². The molecule has 1 aliphatic rings. The number of fused-ring (bicyclic) bond motifs is 2. The van der Waals surface area contributed by atoms with Crippen LogP contribution in [-0.4, -0.2) is 5.97 Å². The van der Waals surface area contributed by atoms with Crippen molar-refractivity contribution in [1.29, 1.82) is 0 Å². The first-order chi connectivity index (χ1) is 10.2. The quantitative estimate of drug-likeness (QED) is 0.489. The fraction of sp³-hybridized carbons (Fsp3) is 0.0556. The molecule has 0 spiro atoms. The number of cyclic esters (lactones) is 1. The number of alkyl halides is 1. The predicted molar refractivity (Wildman–Crippen MR) is 82.4 cm³/mol. The van der Waals surface area contributed by atoms with Crippen molar-refractivity contribution in [3.05, 3.63) is 83.4 Å². The third kappa shape index (κ3) is 1.69. The van der Waals surface area contributed by atoms with E-state index in [0.717, 1.165) is 16.3 Å². The summed E-state index contributed by atoms with van der Waals surface area (Å²) in [4.78, 5) is 12.1. The van der Waals surface area contributed by atoms with E-state index in [2.05, 4.69) is 0 Å². The molecule has 0 saturated carbocycles. The minimum absolute atomic E-state index is 0.381. The van der Waals surface area contributed by atoms with Crippen molar-refractivity contribution < 1.29 is 9.53 Å². The zero-order valence-corrected chi connectivity index (χ0v) is 11.8. The van der Waals surface area contributed by atoms with Gasteiger partial charge in [0.1, 0.15) is 0 Å². The largest absolute Gasteiger partial charge is 0.431 e. The Morgan fingerprint density at radius 2 is 1.48 bits per heavy atom. The molecule has 1 heterocycles. The highest BCUT2D eigenvalue weighted by Gasteiger charge is 2.46. The number of hydrogen-bond donors (Lipinski definition) is 0. The Morgan fingerprint density at radius 1 is 0.810 bits per heavy atom. The topological polar surface area (TPSA) is 26.3 Å². The minimum Gasteiger partial charge on any atom is -0.431 e. The average Bonchev–Trinajstić information content (AvgIpc) is 2.80. The van der Waals surface area contributed by atoms with Gasteiger partial charge in [-0.1, -0.05) is 72.3 Å². The van der Waals surface area contributed by atoms with Crippen LogP contribution in [0.3, 0.4) is 0 Å². The van der Waals surface area contributed by atoms with E-state index in [0.29, 0.717) is 11.1 Å². The van der Waals surface area contributed by atoms with Gasteiger partial charge in [-0.25, -0.2) is 4.79 Å². The Bertz CT molecular complexity index is 866. The standard InChI is InChI=1S/C18H11ClO2/c19-18(16-10-4-3-9-14(16)17(20)21-18)15-11-5-7-12-6-1-2-8-13(12)15/h1-11H. The molecule has 0 bridgehead atoms. The molecule has 0 aromatic heterocycles. The minimum atomic E-state index is -1.26. The summed E-state index contributed by atoms with van der Waals surface area (Å²) >= 11 is 6.76. The number of rotatable bonds is 1. The van der Waals surface area contributed by atoms with Crippen LogP contribution in [0.1, 0.15) is 21.5 Å². The van der Waals surface area contributed by atoms with Crippen LogP contribution in [0, 0.1) is 0 Å². The van der Waals surface area contributed by atoms with E-state index >= 15 is 0 Å². The number of esters is 1. The molecule has 3 heteroatoms. The molecule has 4 rings (SSSR count). The van der Waals surface area contributed by atoms with E-state index in [9.17, 15) is 4.79 Å². The summed E-state index contributed by atoms with van der Waals surface area (Å²) < 4.78 is 5.54. The van der Waals surface area contributed by atoms with Crippen molar-refractivity contribution in [3.8, 4) is 0 Å². The van der Waals surface area contributed by atoms with Gasteiger partial charge in [-0.15, -0.1) is 0 Å².